The number of ether oxygens (including phenoxy) is 2. The first kappa shape index (κ1) is 16.4. The Morgan fingerprint density at radius 2 is 2.00 bits per heavy atom. The largest absolute Gasteiger partial charge is 0.494 e. The van der Waals surface area contributed by atoms with Gasteiger partial charge in [0.05, 0.1) is 17.2 Å². The van der Waals surface area contributed by atoms with Gasteiger partial charge in [-0.1, -0.05) is 23.2 Å². The maximum Gasteiger partial charge on any atom is 0.251 e. The molecule has 1 aliphatic carbocycles. The molecule has 1 aromatic carbocycles. The summed E-state index contributed by atoms with van der Waals surface area (Å²) < 4.78 is 10.6. The van der Waals surface area contributed by atoms with Gasteiger partial charge in [0, 0.05) is 25.3 Å². The average molecular weight is 332 g/mol. The lowest BCUT2D eigenvalue weighted by Crippen LogP contribution is -2.25. The normalized spacial score (nSPS) is 14.0. The van der Waals surface area contributed by atoms with E-state index in [9.17, 15) is 4.79 Å². The van der Waals surface area contributed by atoms with Crippen LogP contribution in [0.4, 0.5) is 0 Å². The minimum absolute atomic E-state index is 0.205. The van der Waals surface area contributed by atoms with Gasteiger partial charge in [-0.2, -0.15) is 0 Å². The maximum absolute atomic E-state index is 12.0. The summed E-state index contributed by atoms with van der Waals surface area (Å²) in [6.45, 7) is 2.07. The van der Waals surface area contributed by atoms with E-state index in [4.69, 9.17) is 32.7 Å². The Balaban J connectivity index is 1.74. The summed E-state index contributed by atoms with van der Waals surface area (Å²) in [4.78, 5) is 12.0. The SMILES string of the molecule is COc1c(Cl)cc(C(=O)NCCCOCC2CC2)cc1Cl. The lowest BCUT2D eigenvalue weighted by molar-refractivity contribution is 0.0937. The molecule has 6 heteroatoms. The highest BCUT2D eigenvalue weighted by Gasteiger charge is 2.20. The van der Waals surface area contributed by atoms with Crippen LogP contribution in [-0.2, 0) is 4.74 Å². The average Bonchev–Trinajstić information content (AvgIpc) is 3.26. The molecule has 4 nitrogen and oxygen atoms in total. The zero-order chi connectivity index (χ0) is 15.2. The molecular formula is C15H19Cl2NO3. The predicted octanol–water partition coefficient (Wildman–Crippen LogP) is 3.55. The number of carbonyl (C=O) groups excluding carboxylic acids is 1. The molecule has 21 heavy (non-hydrogen) atoms. The molecule has 0 aromatic heterocycles. The van der Waals surface area contributed by atoms with Crippen LogP contribution in [0.15, 0.2) is 12.1 Å². The summed E-state index contributed by atoms with van der Waals surface area (Å²) in [5.74, 6) is 0.940. The van der Waals surface area contributed by atoms with Gasteiger partial charge < -0.3 is 14.8 Å². The number of hydrogen-bond acceptors (Lipinski definition) is 3. The van der Waals surface area contributed by atoms with Crippen molar-refractivity contribution in [2.24, 2.45) is 5.92 Å². The molecule has 1 aromatic rings. The number of halogens is 2. The molecular weight excluding hydrogens is 313 g/mol. The van der Waals surface area contributed by atoms with Gasteiger partial charge in [-0.3, -0.25) is 4.79 Å². The lowest BCUT2D eigenvalue weighted by Gasteiger charge is -2.09. The molecule has 1 N–H and O–H groups in total. The van der Waals surface area contributed by atoms with E-state index in [2.05, 4.69) is 5.32 Å². The fourth-order valence-electron chi connectivity index (χ4n) is 1.90. The van der Waals surface area contributed by atoms with Crippen LogP contribution in [0.1, 0.15) is 29.6 Å². The molecule has 2 rings (SSSR count). The molecule has 116 valence electrons. The zero-order valence-electron chi connectivity index (χ0n) is 12.0. The third-order valence-corrected chi connectivity index (χ3v) is 3.83. The highest BCUT2D eigenvalue weighted by atomic mass is 35.5. The molecule has 0 aliphatic heterocycles. The first-order chi connectivity index (χ1) is 10.1. The van der Waals surface area contributed by atoms with Crippen LogP contribution >= 0.6 is 23.2 Å². The monoisotopic (exact) mass is 331 g/mol. The van der Waals surface area contributed by atoms with E-state index in [-0.39, 0.29) is 5.91 Å². The van der Waals surface area contributed by atoms with Crippen LogP contribution in [-0.4, -0.2) is 32.8 Å². The second-order valence-corrected chi connectivity index (χ2v) is 5.92. The first-order valence-corrected chi connectivity index (χ1v) is 7.76. The molecule has 0 radical (unpaired) electrons. The molecule has 0 unspecified atom stereocenters. The summed E-state index contributed by atoms with van der Waals surface area (Å²) in [6.07, 6.45) is 3.36. The van der Waals surface area contributed by atoms with Crippen molar-refractivity contribution in [1.82, 2.24) is 5.32 Å². The van der Waals surface area contributed by atoms with E-state index in [0.717, 1.165) is 18.9 Å². The van der Waals surface area contributed by atoms with Gasteiger partial charge in [0.15, 0.2) is 5.75 Å². The van der Waals surface area contributed by atoms with Crippen LogP contribution in [0.3, 0.4) is 0 Å². The Kier molecular flexibility index (Phi) is 6.15. The standard InChI is InChI=1S/C15H19Cl2NO3/c1-20-14-12(16)7-11(8-13(14)17)15(19)18-5-2-6-21-9-10-3-4-10/h7-8,10H,2-6,9H2,1H3,(H,18,19). The van der Waals surface area contributed by atoms with Crippen molar-refractivity contribution in [2.75, 3.05) is 26.9 Å². The first-order valence-electron chi connectivity index (χ1n) is 7.00. The minimum Gasteiger partial charge on any atom is -0.494 e. The van der Waals surface area contributed by atoms with Gasteiger partial charge in [0.25, 0.3) is 5.91 Å². The van der Waals surface area contributed by atoms with E-state index in [0.29, 0.717) is 34.5 Å². The highest BCUT2D eigenvalue weighted by molar-refractivity contribution is 6.37. The van der Waals surface area contributed by atoms with Gasteiger partial charge in [-0.15, -0.1) is 0 Å². The highest BCUT2D eigenvalue weighted by Crippen LogP contribution is 2.33. The van der Waals surface area contributed by atoms with Crippen LogP contribution < -0.4 is 10.1 Å². The number of rotatable bonds is 8. The van der Waals surface area contributed by atoms with Gasteiger partial charge in [-0.05, 0) is 37.3 Å². The Labute approximate surface area is 134 Å². The third kappa shape index (κ3) is 5.06. The van der Waals surface area contributed by atoms with Crippen LogP contribution in [0.25, 0.3) is 0 Å². The van der Waals surface area contributed by atoms with E-state index >= 15 is 0 Å². The van der Waals surface area contributed by atoms with Crippen LogP contribution in [0.2, 0.25) is 10.0 Å². The van der Waals surface area contributed by atoms with E-state index in [1.54, 1.807) is 12.1 Å². The van der Waals surface area contributed by atoms with Crippen molar-refractivity contribution < 1.29 is 14.3 Å². The number of carbonyl (C=O) groups is 1. The van der Waals surface area contributed by atoms with Crippen molar-refractivity contribution in [2.45, 2.75) is 19.3 Å². The fourth-order valence-corrected chi connectivity index (χ4v) is 2.54. The van der Waals surface area contributed by atoms with Crippen molar-refractivity contribution >= 4 is 29.1 Å². The lowest BCUT2D eigenvalue weighted by atomic mass is 10.2. The number of nitrogens with one attached hydrogen (secondary N) is 1. The van der Waals surface area contributed by atoms with Crippen molar-refractivity contribution in [3.8, 4) is 5.75 Å². The van der Waals surface area contributed by atoms with Gasteiger partial charge in [0.2, 0.25) is 0 Å². The van der Waals surface area contributed by atoms with Crippen molar-refractivity contribution in [3.63, 3.8) is 0 Å². The topological polar surface area (TPSA) is 47.6 Å². The van der Waals surface area contributed by atoms with E-state index in [1.165, 1.54) is 20.0 Å². The molecule has 0 saturated heterocycles. The summed E-state index contributed by atoms with van der Waals surface area (Å²) in [7, 11) is 1.48. The van der Waals surface area contributed by atoms with Crippen LogP contribution in [0, 0.1) is 5.92 Å². The van der Waals surface area contributed by atoms with Gasteiger partial charge >= 0.3 is 0 Å². The quantitative estimate of drug-likeness (QED) is 0.741. The number of hydrogen-bond donors (Lipinski definition) is 1. The predicted molar refractivity (Wildman–Crippen MR) is 83.5 cm³/mol. The molecule has 0 heterocycles. The molecule has 0 atom stereocenters. The van der Waals surface area contributed by atoms with Crippen molar-refractivity contribution in [1.29, 1.82) is 0 Å². The molecule has 1 fully saturated rings. The molecule has 0 spiro atoms. The summed E-state index contributed by atoms with van der Waals surface area (Å²) >= 11 is 12.0. The second-order valence-electron chi connectivity index (χ2n) is 5.10. The summed E-state index contributed by atoms with van der Waals surface area (Å²) in [5.41, 5.74) is 0.421. The zero-order valence-corrected chi connectivity index (χ0v) is 13.5. The van der Waals surface area contributed by atoms with E-state index in [1.807, 2.05) is 0 Å². The molecule has 0 bridgehead atoms. The van der Waals surface area contributed by atoms with Crippen molar-refractivity contribution in [3.05, 3.63) is 27.7 Å². The Hall–Kier alpha value is -0.970. The van der Waals surface area contributed by atoms with E-state index < -0.39 is 0 Å². The van der Waals surface area contributed by atoms with Gasteiger partial charge in [-0.25, -0.2) is 0 Å². The fraction of sp³-hybridized carbons (Fsp3) is 0.533. The molecule has 1 aliphatic rings. The third-order valence-electron chi connectivity index (χ3n) is 3.27. The number of methoxy groups -OCH3 is 1. The number of amides is 1. The van der Waals surface area contributed by atoms with Crippen LogP contribution in [0.5, 0.6) is 5.75 Å². The molecule has 1 amide bonds. The smallest absolute Gasteiger partial charge is 0.251 e. The Morgan fingerprint density at radius 3 is 2.57 bits per heavy atom. The second kappa shape index (κ2) is 7.87. The summed E-state index contributed by atoms with van der Waals surface area (Å²) in [5, 5.41) is 3.46. The molecule has 1 saturated carbocycles. The Morgan fingerprint density at radius 1 is 1.33 bits per heavy atom. The maximum atomic E-state index is 12.0. The number of benzene rings is 1. The summed E-state index contributed by atoms with van der Waals surface area (Å²) in [6, 6.07) is 3.09. The minimum atomic E-state index is -0.205. The van der Waals surface area contributed by atoms with Gasteiger partial charge in [0.1, 0.15) is 0 Å². The Bertz CT molecular complexity index is 481.